The minimum Gasteiger partial charge on any atom is -0.396 e. The van der Waals surface area contributed by atoms with E-state index in [0.29, 0.717) is 13.0 Å². The van der Waals surface area contributed by atoms with Gasteiger partial charge >= 0.3 is 0 Å². The number of aliphatic hydroxyl groups excluding tert-OH is 2. The van der Waals surface area contributed by atoms with Crippen LogP contribution in [0.2, 0.25) is 0 Å². The molecule has 56 valence electrons. The number of rotatable bonds is 5. The van der Waals surface area contributed by atoms with Crippen LogP contribution in [-0.4, -0.2) is 36.1 Å². The summed E-state index contributed by atoms with van der Waals surface area (Å²) in [6.45, 7) is 0.653. The number of hydrogen-bond acceptors (Lipinski definition) is 4. The number of aliphatic hydroxyl groups is 2. The largest absolute Gasteiger partial charge is 0.396 e. The topological polar surface area (TPSA) is 78.5 Å². The lowest BCUT2D eigenvalue weighted by Gasteiger charge is -2.09. The van der Waals surface area contributed by atoms with Gasteiger partial charge in [-0.3, -0.25) is 5.32 Å². The van der Waals surface area contributed by atoms with Gasteiger partial charge in [0.15, 0.2) is 0 Å². The monoisotopic (exact) mass is 134 g/mol. The van der Waals surface area contributed by atoms with E-state index < -0.39 is 0 Å². The standard InChI is InChI=1S/C5H14N2O2/c6-5(1-3-8)7-2-4-9/h5,7-9H,1-4,6H2. The van der Waals surface area contributed by atoms with Crippen LogP contribution in [-0.2, 0) is 0 Å². The minimum atomic E-state index is -0.192. The summed E-state index contributed by atoms with van der Waals surface area (Å²) in [7, 11) is 0. The van der Waals surface area contributed by atoms with E-state index in [2.05, 4.69) is 5.32 Å². The van der Waals surface area contributed by atoms with Crippen molar-refractivity contribution in [3.05, 3.63) is 0 Å². The van der Waals surface area contributed by atoms with Crippen LogP contribution in [0, 0.1) is 0 Å². The summed E-state index contributed by atoms with van der Waals surface area (Å²) < 4.78 is 0. The first-order valence-electron chi connectivity index (χ1n) is 3.02. The van der Waals surface area contributed by atoms with Crippen LogP contribution in [0.15, 0.2) is 0 Å². The second-order valence-corrected chi connectivity index (χ2v) is 1.80. The van der Waals surface area contributed by atoms with Crippen molar-refractivity contribution in [3.63, 3.8) is 0 Å². The highest BCUT2D eigenvalue weighted by molar-refractivity contribution is 4.55. The summed E-state index contributed by atoms with van der Waals surface area (Å²) in [4.78, 5) is 0. The first-order chi connectivity index (χ1) is 4.31. The number of nitrogens with two attached hydrogens (primary N) is 1. The quantitative estimate of drug-likeness (QED) is 0.336. The molecular weight excluding hydrogens is 120 g/mol. The molecule has 0 aromatic rings. The van der Waals surface area contributed by atoms with E-state index in [0.717, 1.165) is 0 Å². The first-order valence-corrected chi connectivity index (χ1v) is 3.02. The minimum absolute atomic E-state index is 0.0825. The summed E-state index contributed by atoms with van der Waals surface area (Å²) in [5.41, 5.74) is 5.39. The van der Waals surface area contributed by atoms with Gasteiger partial charge in [0, 0.05) is 13.2 Å². The van der Waals surface area contributed by atoms with E-state index in [1.165, 1.54) is 0 Å². The van der Waals surface area contributed by atoms with Crippen LogP contribution in [0.25, 0.3) is 0 Å². The smallest absolute Gasteiger partial charge is 0.0569 e. The van der Waals surface area contributed by atoms with Crippen LogP contribution in [0.5, 0.6) is 0 Å². The molecule has 0 bridgehead atoms. The summed E-state index contributed by atoms with van der Waals surface area (Å²) in [5.74, 6) is 0. The normalized spacial score (nSPS) is 13.7. The summed E-state index contributed by atoms with van der Waals surface area (Å²) >= 11 is 0. The zero-order valence-electron chi connectivity index (χ0n) is 5.38. The molecule has 0 spiro atoms. The lowest BCUT2D eigenvalue weighted by Crippen LogP contribution is -2.39. The van der Waals surface area contributed by atoms with Gasteiger partial charge in [-0.15, -0.1) is 0 Å². The molecule has 0 aromatic heterocycles. The van der Waals surface area contributed by atoms with Crippen LogP contribution >= 0.6 is 0 Å². The van der Waals surface area contributed by atoms with E-state index in [1.54, 1.807) is 0 Å². The Labute approximate surface area is 54.7 Å². The van der Waals surface area contributed by atoms with Crippen LogP contribution in [0.4, 0.5) is 0 Å². The van der Waals surface area contributed by atoms with E-state index in [4.69, 9.17) is 15.9 Å². The first kappa shape index (κ1) is 8.84. The summed E-state index contributed by atoms with van der Waals surface area (Å²) in [6.07, 6.45) is 0.335. The molecule has 0 rings (SSSR count). The van der Waals surface area contributed by atoms with Crippen LogP contribution in [0.3, 0.4) is 0 Å². The molecule has 0 saturated carbocycles. The molecule has 0 fully saturated rings. The Bertz CT molecular complexity index is 60.9. The Morgan fingerprint density at radius 2 is 2.00 bits per heavy atom. The number of hydrogen-bond donors (Lipinski definition) is 4. The molecule has 5 N–H and O–H groups in total. The third kappa shape index (κ3) is 5.72. The van der Waals surface area contributed by atoms with E-state index in [-0.39, 0.29) is 19.4 Å². The van der Waals surface area contributed by atoms with E-state index in [9.17, 15) is 0 Å². The molecule has 0 aromatic carbocycles. The van der Waals surface area contributed by atoms with Crippen LogP contribution in [0.1, 0.15) is 6.42 Å². The average molecular weight is 134 g/mol. The molecular formula is C5H14N2O2. The Morgan fingerprint density at radius 1 is 1.33 bits per heavy atom. The van der Waals surface area contributed by atoms with Gasteiger partial charge in [-0.2, -0.15) is 0 Å². The molecule has 0 aliphatic rings. The molecule has 1 atom stereocenters. The maximum Gasteiger partial charge on any atom is 0.0569 e. The Hall–Kier alpha value is -0.160. The van der Waals surface area contributed by atoms with Crippen molar-refractivity contribution in [2.45, 2.75) is 12.6 Å². The fourth-order valence-corrected chi connectivity index (χ4v) is 0.491. The average Bonchev–Trinajstić information content (AvgIpc) is 1.85. The highest BCUT2D eigenvalue weighted by Crippen LogP contribution is 1.78. The molecule has 9 heavy (non-hydrogen) atoms. The predicted octanol–water partition coefficient (Wildman–Crippen LogP) is -1.76. The molecule has 0 radical (unpaired) electrons. The van der Waals surface area contributed by atoms with Crippen LogP contribution < -0.4 is 11.1 Å². The Kier molecular flexibility index (Phi) is 5.86. The summed E-state index contributed by atoms with van der Waals surface area (Å²) in [6, 6.07) is 0. The van der Waals surface area contributed by atoms with Crippen molar-refractivity contribution < 1.29 is 10.2 Å². The molecule has 1 unspecified atom stereocenters. The fraction of sp³-hybridized carbons (Fsp3) is 1.00. The van der Waals surface area contributed by atoms with Crippen molar-refractivity contribution in [2.24, 2.45) is 5.73 Å². The van der Waals surface area contributed by atoms with Gasteiger partial charge in [-0.05, 0) is 6.42 Å². The van der Waals surface area contributed by atoms with E-state index >= 15 is 0 Å². The second-order valence-electron chi connectivity index (χ2n) is 1.80. The van der Waals surface area contributed by atoms with Gasteiger partial charge in [-0.1, -0.05) is 0 Å². The highest BCUT2D eigenvalue weighted by atomic mass is 16.3. The zero-order chi connectivity index (χ0) is 7.11. The Morgan fingerprint density at radius 3 is 2.44 bits per heavy atom. The molecule has 0 heterocycles. The van der Waals surface area contributed by atoms with Gasteiger partial charge in [0.25, 0.3) is 0 Å². The third-order valence-corrected chi connectivity index (χ3v) is 0.958. The lowest BCUT2D eigenvalue weighted by atomic mass is 10.3. The lowest BCUT2D eigenvalue weighted by molar-refractivity contribution is 0.250. The van der Waals surface area contributed by atoms with Gasteiger partial charge in [0.1, 0.15) is 0 Å². The van der Waals surface area contributed by atoms with Gasteiger partial charge in [0.2, 0.25) is 0 Å². The number of nitrogens with one attached hydrogen (secondary N) is 1. The Balaban J connectivity index is 2.95. The van der Waals surface area contributed by atoms with Gasteiger partial charge < -0.3 is 15.9 Å². The molecule has 0 aliphatic carbocycles. The molecule has 0 saturated heterocycles. The van der Waals surface area contributed by atoms with Gasteiger partial charge in [-0.25, -0.2) is 0 Å². The third-order valence-electron chi connectivity index (χ3n) is 0.958. The zero-order valence-corrected chi connectivity index (χ0v) is 5.38. The van der Waals surface area contributed by atoms with Crippen molar-refractivity contribution in [1.82, 2.24) is 5.32 Å². The highest BCUT2D eigenvalue weighted by Gasteiger charge is 1.96. The molecule has 4 heteroatoms. The predicted molar refractivity (Wildman–Crippen MR) is 34.8 cm³/mol. The van der Waals surface area contributed by atoms with E-state index in [1.807, 2.05) is 0 Å². The summed E-state index contributed by atoms with van der Waals surface area (Å²) in [5, 5.41) is 19.5. The van der Waals surface area contributed by atoms with Gasteiger partial charge in [0.05, 0.1) is 12.8 Å². The molecule has 0 amide bonds. The SMILES string of the molecule is NC(CCO)NCCO. The van der Waals surface area contributed by atoms with Crippen molar-refractivity contribution in [2.75, 3.05) is 19.8 Å². The fourth-order valence-electron chi connectivity index (χ4n) is 0.491. The second kappa shape index (κ2) is 5.97. The maximum atomic E-state index is 8.35. The maximum absolute atomic E-state index is 8.35. The van der Waals surface area contributed by atoms with Crippen molar-refractivity contribution in [3.8, 4) is 0 Å². The van der Waals surface area contributed by atoms with Crippen molar-refractivity contribution in [1.29, 1.82) is 0 Å². The molecule has 0 aliphatic heterocycles. The molecule has 4 nitrogen and oxygen atoms in total. The van der Waals surface area contributed by atoms with Crippen molar-refractivity contribution >= 4 is 0 Å².